The van der Waals surface area contributed by atoms with Crippen molar-refractivity contribution in [3.63, 3.8) is 0 Å². The number of nitrogens with zero attached hydrogens (tertiary/aromatic N) is 2. The second kappa shape index (κ2) is 8.37. The fourth-order valence-electron chi connectivity index (χ4n) is 5.45. The van der Waals surface area contributed by atoms with Crippen LogP contribution in [0.25, 0.3) is 0 Å². The molecule has 3 aliphatic heterocycles. The molecule has 0 radical (unpaired) electrons. The van der Waals surface area contributed by atoms with Gasteiger partial charge in [-0.25, -0.2) is 0 Å². The number of carbonyl (C=O) groups is 2. The Bertz CT molecular complexity index is 1030. The Kier molecular flexibility index (Phi) is 5.94. The van der Waals surface area contributed by atoms with E-state index in [1.54, 1.807) is 0 Å². The van der Waals surface area contributed by atoms with E-state index in [9.17, 15) is 9.59 Å². The van der Waals surface area contributed by atoms with Crippen LogP contribution in [0, 0.1) is 17.2 Å². The highest BCUT2D eigenvalue weighted by Crippen LogP contribution is 2.53. The minimum absolute atomic E-state index is 0. The summed E-state index contributed by atoms with van der Waals surface area (Å²) >= 11 is 3.43. The molecule has 4 atom stereocenters. The molecule has 8 heteroatoms. The summed E-state index contributed by atoms with van der Waals surface area (Å²) in [7, 11) is 0. The van der Waals surface area contributed by atoms with Crippen LogP contribution < -0.4 is 5.73 Å². The SMILES string of the molecule is Cl.N=C(N)c1ccc([C@H]2[C@H]3C(=O)N(Cc4ccc(Br)cc4)C(=O)[C@H]3[C@@H]3CCCN32)cc1. The van der Waals surface area contributed by atoms with E-state index in [4.69, 9.17) is 11.1 Å². The number of amides is 2. The molecule has 0 saturated carbocycles. The zero-order valence-corrected chi connectivity index (χ0v) is 19.2. The summed E-state index contributed by atoms with van der Waals surface area (Å²) in [4.78, 5) is 30.6. The smallest absolute Gasteiger partial charge is 0.235 e. The molecule has 162 valence electrons. The average molecular weight is 504 g/mol. The highest BCUT2D eigenvalue weighted by Gasteiger charge is 2.62. The Morgan fingerprint density at radius 1 is 1.03 bits per heavy atom. The number of hydrogen-bond acceptors (Lipinski definition) is 4. The number of nitrogen functional groups attached to an aromatic ring is 1. The van der Waals surface area contributed by atoms with Gasteiger partial charge in [0.2, 0.25) is 11.8 Å². The predicted molar refractivity (Wildman–Crippen MR) is 124 cm³/mol. The number of rotatable bonds is 4. The van der Waals surface area contributed by atoms with Crippen molar-refractivity contribution in [3.05, 3.63) is 69.7 Å². The van der Waals surface area contributed by atoms with Crippen molar-refractivity contribution in [1.29, 1.82) is 5.41 Å². The number of hydrogen-bond donors (Lipinski definition) is 2. The van der Waals surface area contributed by atoms with Crippen LogP contribution in [0.3, 0.4) is 0 Å². The van der Waals surface area contributed by atoms with Crippen LogP contribution in [-0.4, -0.2) is 40.0 Å². The molecule has 0 unspecified atom stereocenters. The molecule has 3 saturated heterocycles. The molecular formula is C23H24BrClN4O2. The summed E-state index contributed by atoms with van der Waals surface area (Å²) < 4.78 is 0.970. The first-order valence-electron chi connectivity index (χ1n) is 10.3. The Labute approximate surface area is 195 Å². The van der Waals surface area contributed by atoms with Gasteiger partial charge in [0.25, 0.3) is 0 Å². The maximum atomic E-state index is 13.5. The lowest BCUT2D eigenvalue weighted by molar-refractivity contribution is -0.142. The van der Waals surface area contributed by atoms with Gasteiger partial charge in [0, 0.05) is 22.1 Å². The third-order valence-corrected chi connectivity index (χ3v) is 7.29. The van der Waals surface area contributed by atoms with E-state index in [-0.39, 0.29) is 54.0 Å². The van der Waals surface area contributed by atoms with Gasteiger partial charge in [0.1, 0.15) is 5.84 Å². The van der Waals surface area contributed by atoms with Gasteiger partial charge in [-0.2, -0.15) is 0 Å². The quantitative estimate of drug-likeness (QED) is 0.380. The summed E-state index contributed by atoms with van der Waals surface area (Å²) in [6.45, 7) is 1.23. The van der Waals surface area contributed by atoms with E-state index in [2.05, 4.69) is 20.8 Å². The molecule has 6 nitrogen and oxygen atoms in total. The van der Waals surface area contributed by atoms with Crippen LogP contribution in [0.1, 0.15) is 35.6 Å². The lowest BCUT2D eigenvalue weighted by Gasteiger charge is -2.29. The van der Waals surface area contributed by atoms with E-state index in [1.165, 1.54) is 4.90 Å². The number of likely N-dealkylation sites (tertiary alicyclic amines) is 1. The lowest BCUT2D eigenvalue weighted by Crippen LogP contribution is -2.38. The highest BCUT2D eigenvalue weighted by molar-refractivity contribution is 9.10. The van der Waals surface area contributed by atoms with Gasteiger partial charge in [-0.1, -0.05) is 52.3 Å². The normalized spacial score (nSPS) is 27.2. The molecular weight excluding hydrogens is 480 g/mol. The van der Waals surface area contributed by atoms with Crippen molar-refractivity contribution < 1.29 is 9.59 Å². The van der Waals surface area contributed by atoms with Gasteiger partial charge in [0.15, 0.2) is 0 Å². The molecule has 2 aromatic rings. The number of amidine groups is 1. The topological polar surface area (TPSA) is 90.5 Å². The summed E-state index contributed by atoms with van der Waals surface area (Å²) in [6, 6.07) is 15.3. The molecule has 2 aromatic carbocycles. The number of halogens is 2. The first-order valence-corrected chi connectivity index (χ1v) is 11.0. The van der Waals surface area contributed by atoms with Crippen LogP contribution in [-0.2, 0) is 16.1 Å². The van der Waals surface area contributed by atoms with Crippen molar-refractivity contribution in [2.45, 2.75) is 31.5 Å². The standard InChI is InChI=1S/C23H23BrN4O2.ClH/c24-16-9-3-13(4-10-16)12-28-22(29)18-17-2-1-11-27(17)20(19(18)23(28)30)14-5-7-15(8-6-14)21(25)26;/h3-10,17-20H,1-2,11-12H2,(H3,25,26);1H/t17-,18-,19-,20-;/m0./s1. The minimum atomic E-state index is -0.346. The van der Waals surface area contributed by atoms with E-state index in [0.29, 0.717) is 12.1 Å². The molecule has 2 amide bonds. The Hall–Kier alpha value is -2.22. The Morgan fingerprint density at radius 3 is 2.32 bits per heavy atom. The van der Waals surface area contributed by atoms with Crippen LogP contribution in [0.2, 0.25) is 0 Å². The van der Waals surface area contributed by atoms with E-state index in [0.717, 1.165) is 35.0 Å². The molecule has 0 aromatic heterocycles. The van der Waals surface area contributed by atoms with Gasteiger partial charge in [0.05, 0.1) is 18.4 Å². The monoisotopic (exact) mass is 502 g/mol. The Balaban J connectivity index is 0.00000231. The number of fused-ring (bicyclic) bond motifs is 3. The minimum Gasteiger partial charge on any atom is -0.384 e. The van der Waals surface area contributed by atoms with E-state index < -0.39 is 0 Å². The lowest BCUT2D eigenvalue weighted by atomic mass is 9.85. The molecule has 5 rings (SSSR count). The second-order valence-electron chi connectivity index (χ2n) is 8.37. The van der Waals surface area contributed by atoms with Crippen molar-refractivity contribution >= 4 is 46.0 Å². The van der Waals surface area contributed by atoms with Gasteiger partial charge < -0.3 is 5.73 Å². The Morgan fingerprint density at radius 2 is 1.68 bits per heavy atom. The molecule has 31 heavy (non-hydrogen) atoms. The fourth-order valence-corrected chi connectivity index (χ4v) is 5.71. The average Bonchev–Trinajstić information content (AvgIpc) is 3.38. The first kappa shape index (κ1) is 22.0. The second-order valence-corrected chi connectivity index (χ2v) is 9.28. The van der Waals surface area contributed by atoms with Gasteiger partial charge >= 0.3 is 0 Å². The summed E-state index contributed by atoms with van der Waals surface area (Å²) in [5.41, 5.74) is 8.23. The van der Waals surface area contributed by atoms with Crippen molar-refractivity contribution in [2.24, 2.45) is 17.6 Å². The van der Waals surface area contributed by atoms with Crippen molar-refractivity contribution in [3.8, 4) is 0 Å². The summed E-state index contributed by atoms with van der Waals surface area (Å²) in [5, 5.41) is 7.61. The van der Waals surface area contributed by atoms with E-state index in [1.807, 2.05) is 48.5 Å². The molecule has 0 bridgehead atoms. The van der Waals surface area contributed by atoms with Gasteiger partial charge in [-0.15, -0.1) is 12.4 Å². The third-order valence-electron chi connectivity index (χ3n) is 6.76. The summed E-state index contributed by atoms with van der Waals surface area (Å²) in [6.07, 6.45) is 2.00. The maximum absolute atomic E-state index is 13.5. The summed E-state index contributed by atoms with van der Waals surface area (Å²) in [5.74, 6) is -0.692. The first-order chi connectivity index (χ1) is 14.5. The largest absolute Gasteiger partial charge is 0.384 e. The van der Waals surface area contributed by atoms with Crippen LogP contribution in [0.15, 0.2) is 53.0 Å². The van der Waals surface area contributed by atoms with Crippen LogP contribution in [0.5, 0.6) is 0 Å². The molecule has 3 aliphatic rings. The number of imide groups is 1. The predicted octanol–water partition coefficient (Wildman–Crippen LogP) is 3.48. The zero-order chi connectivity index (χ0) is 21.0. The van der Waals surface area contributed by atoms with Crippen LogP contribution in [0.4, 0.5) is 0 Å². The molecule has 3 N–H and O–H groups in total. The zero-order valence-electron chi connectivity index (χ0n) is 16.8. The maximum Gasteiger partial charge on any atom is 0.235 e. The molecule has 3 heterocycles. The molecule has 0 spiro atoms. The van der Waals surface area contributed by atoms with Crippen molar-refractivity contribution in [1.82, 2.24) is 9.80 Å². The number of benzene rings is 2. The van der Waals surface area contributed by atoms with Gasteiger partial charge in [-0.3, -0.25) is 24.8 Å². The number of nitrogens with one attached hydrogen (secondary N) is 1. The van der Waals surface area contributed by atoms with Crippen molar-refractivity contribution in [2.75, 3.05) is 6.54 Å². The number of carbonyl (C=O) groups excluding carboxylic acids is 2. The third kappa shape index (κ3) is 3.58. The fraction of sp³-hybridized carbons (Fsp3) is 0.348. The highest BCUT2D eigenvalue weighted by atomic mass is 79.9. The van der Waals surface area contributed by atoms with Crippen LogP contribution >= 0.6 is 28.3 Å². The molecule has 3 fully saturated rings. The molecule has 0 aliphatic carbocycles. The number of nitrogens with two attached hydrogens (primary N) is 1. The van der Waals surface area contributed by atoms with E-state index >= 15 is 0 Å². The van der Waals surface area contributed by atoms with Gasteiger partial charge in [-0.05, 0) is 42.6 Å².